The zero-order valence-corrected chi connectivity index (χ0v) is 39.8. The minimum absolute atomic E-state index is 0.0294. The molecule has 0 spiro atoms. The number of hydrogen-bond acceptors (Lipinski definition) is 13. The maximum absolute atomic E-state index is 13.8. The van der Waals surface area contributed by atoms with Gasteiger partial charge in [-0.1, -0.05) is 19.9 Å². The first-order chi connectivity index (χ1) is 29.5. The van der Waals surface area contributed by atoms with E-state index in [2.05, 4.69) is 21.3 Å². The van der Waals surface area contributed by atoms with Crippen LogP contribution in [0.25, 0.3) is 0 Å². The molecule has 0 bridgehead atoms. The average Bonchev–Trinajstić information content (AvgIpc) is 3.56. The van der Waals surface area contributed by atoms with Crippen LogP contribution >= 0.6 is 46.5 Å². The summed E-state index contributed by atoms with van der Waals surface area (Å²) in [6, 6.07) is 6.12. The molecule has 0 aliphatic carbocycles. The predicted molar refractivity (Wildman–Crippen MR) is 258 cm³/mol. The van der Waals surface area contributed by atoms with E-state index in [-0.39, 0.29) is 71.7 Å². The molecule has 4 rings (SSSR count). The molecule has 2 aliphatic heterocycles. The van der Waals surface area contributed by atoms with E-state index in [9.17, 15) is 45.1 Å². The van der Waals surface area contributed by atoms with Gasteiger partial charge < -0.3 is 26.2 Å². The van der Waals surface area contributed by atoms with Gasteiger partial charge in [0.15, 0.2) is 34.2 Å². The van der Waals surface area contributed by atoms with Gasteiger partial charge >= 0.3 is 0 Å². The maximum atomic E-state index is 13.8. The highest BCUT2D eigenvalue weighted by Crippen LogP contribution is 2.50. The van der Waals surface area contributed by atoms with Crippen LogP contribution in [0.15, 0.2) is 48.2 Å². The van der Waals surface area contributed by atoms with Crippen LogP contribution in [0.2, 0.25) is 0 Å². The summed E-state index contributed by atoms with van der Waals surface area (Å²) in [5, 5.41) is 10.8. The number of anilines is 1. The van der Waals surface area contributed by atoms with Crippen molar-refractivity contribution in [3.05, 3.63) is 81.6 Å². The van der Waals surface area contributed by atoms with E-state index in [1.54, 1.807) is 39.8 Å². The number of rotatable bonds is 22. The van der Waals surface area contributed by atoms with Crippen molar-refractivity contribution < 1.29 is 49.7 Å². The number of allylic oxidation sites excluding steroid dienone is 4. The lowest BCUT2D eigenvalue weighted by Gasteiger charge is -2.27. The molecule has 0 fully saturated rings. The highest BCUT2D eigenvalue weighted by Gasteiger charge is 2.48. The molecule has 2 aliphatic rings. The number of hydrogen-bond donors (Lipinski definition) is 6. The predicted octanol–water partition coefficient (Wildman–Crippen LogP) is 2.87. The first kappa shape index (κ1) is 52.4. The van der Waals surface area contributed by atoms with Gasteiger partial charge in [-0.25, -0.2) is 46.5 Å². The number of nitrogens with zero attached hydrogens (tertiary/aromatic N) is 2. The van der Waals surface area contributed by atoms with Gasteiger partial charge in [0, 0.05) is 64.2 Å². The topological polar surface area (TPSA) is 231 Å². The smallest absolute Gasteiger partial charge is 0.265 e. The van der Waals surface area contributed by atoms with Crippen molar-refractivity contribution in [1.82, 2.24) is 21.3 Å². The summed E-state index contributed by atoms with van der Waals surface area (Å²) in [5.41, 5.74) is 1.70. The van der Waals surface area contributed by atoms with Crippen molar-refractivity contribution in [2.24, 2.45) is 0 Å². The fourth-order valence-electron chi connectivity index (χ4n) is 7.75. The Labute approximate surface area is 390 Å². The zero-order valence-electron chi connectivity index (χ0n) is 34.9. The Bertz CT molecular complexity index is 2440. The fourth-order valence-corrected chi connectivity index (χ4v) is 9.59. The summed E-state index contributed by atoms with van der Waals surface area (Å²) >= 11 is 3.55. The first-order valence-corrected chi connectivity index (χ1v) is 26.4. The van der Waals surface area contributed by atoms with Gasteiger partial charge in [0.25, 0.3) is 43.9 Å². The Hall–Kier alpha value is -3.25. The normalized spacial score (nSPS) is 16.0. The molecule has 0 saturated carbocycles. The van der Waals surface area contributed by atoms with Gasteiger partial charge in [0.05, 0.1) is 51.6 Å². The van der Waals surface area contributed by atoms with Crippen LogP contribution < -0.4 is 26.2 Å². The molecule has 330 valence electrons. The van der Waals surface area contributed by atoms with Crippen LogP contribution in [0.5, 0.6) is 0 Å². The summed E-state index contributed by atoms with van der Waals surface area (Å²) in [7, 11) is 13.6. The largest absolute Gasteiger partial charge is 0.344 e. The highest BCUT2D eigenvalue weighted by molar-refractivity contribution is 8.20. The summed E-state index contributed by atoms with van der Waals surface area (Å²) in [5.74, 6) is -2.96. The van der Waals surface area contributed by atoms with Crippen molar-refractivity contribution >= 4 is 136 Å². The molecule has 2 aromatic carbocycles. The molecule has 2 aromatic rings. The third kappa shape index (κ3) is 13.0. The third-order valence-electron chi connectivity index (χ3n) is 10.3. The molecule has 16 nitrogen and oxygen atoms in total. The number of carbonyl (C=O) groups excluding carboxylic acids is 4. The fraction of sp³-hybridized carbons (Fsp3) is 0.432. The third-order valence-corrected chi connectivity index (χ3v) is 13.1. The van der Waals surface area contributed by atoms with Gasteiger partial charge in [-0.2, -0.15) is 21.4 Å². The molecule has 26 heteroatoms. The molecule has 2 heterocycles. The Kier molecular flexibility index (Phi) is 18.5. The van der Waals surface area contributed by atoms with E-state index in [1.165, 1.54) is 12.1 Å². The molecule has 0 saturated heterocycles. The molecule has 0 unspecified atom stereocenters. The summed E-state index contributed by atoms with van der Waals surface area (Å²) in [4.78, 5) is 56.0. The van der Waals surface area contributed by atoms with Gasteiger partial charge in [-0.05, 0) is 44.5 Å². The van der Waals surface area contributed by atoms with Crippen molar-refractivity contribution in [3.63, 3.8) is 0 Å². The monoisotopic (exact) mass is 969 g/mol. The zero-order chi connectivity index (χ0) is 46.9. The standard InChI is InChI=1S/C37H44B4N6O10S6/c1-36(2)28(46(10-6-12-62(52,53)54)26-16-22(32(48)42-18-58-38)14-24(30(26)36)34(50)44-20-60-40)8-5-9-29-37(3,4)31-25(35(51)45-21-61-41)15-23(33(49)43-19-59-39)17-27(31)47(29)11-7-13-63(55,56)57/h5,8-9,14-17H,6-7,10-13,18-21H2,1-4H3,(H5-,42,43,44,45,48,49,50,51,52,53,54,55,56,57)/p+1. The van der Waals surface area contributed by atoms with Crippen molar-refractivity contribution in [1.29, 1.82) is 0 Å². The molecule has 6 N–H and O–H groups in total. The van der Waals surface area contributed by atoms with Crippen LogP contribution in [-0.4, -0.2) is 136 Å². The molecular formula is C37H45B4N6O10S6+. The lowest BCUT2D eigenvalue weighted by atomic mass is 9.78. The molecule has 4 amide bonds. The van der Waals surface area contributed by atoms with Crippen molar-refractivity contribution in [2.75, 3.05) is 53.0 Å². The van der Waals surface area contributed by atoms with Crippen molar-refractivity contribution in [2.45, 2.75) is 51.4 Å². The second-order valence-electron chi connectivity index (χ2n) is 15.2. The summed E-state index contributed by atoms with van der Waals surface area (Å²) in [6.45, 7) is 7.50. The van der Waals surface area contributed by atoms with Gasteiger partial charge in [-0.15, -0.1) is 0 Å². The van der Waals surface area contributed by atoms with E-state index in [0.29, 0.717) is 33.9 Å². The number of fused-ring (bicyclic) bond motifs is 2. The lowest BCUT2D eigenvalue weighted by Crippen LogP contribution is -2.32. The van der Waals surface area contributed by atoms with Crippen LogP contribution in [0, 0.1) is 0 Å². The quantitative estimate of drug-likeness (QED) is 0.0432. The Morgan fingerprint density at radius 2 is 1.14 bits per heavy atom. The van der Waals surface area contributed by atoms with E-state index in [0.717, 1.165) is 46.5 Å². The van der Waals surface area contributed by atoms with Crippen LogP contribution in [-0.2, 0) is 31.1 Å². The molecular weight excluding hydrogens is 924 g/mol. The highest BCUT2D eigenvalue weighted by atomic mass is 32.2. The van der Waals surface area contributed by atoms with E-state index < -0.39 is 66.2 Å². The van der Waals surface area contributed by atoms with Gasteiger partial charge in [-0.3, -0.25) is 28.3 Å². The van der Waals surface area contributed by atoms with Crippen LogP contribution in [0.4, 0.5) is 11.4 Å². The molecule has 63 heavy (non-hydrogen) atoms. The first-order valence-electron chi connectivity index (χ1n) is 19.0. The summed E-state index contributed by atoms with van der Waals surface area (Å²) in [6.07, 6.45) is 5.14. The number of carbonyl (C=O) groups is 4. The SMILES string of the molecule is [B]SCNC(=O)c1cc(C(=O)NCS[B])c2c(c1)N(CCCS(=O)(=O)O)/C(=C/C=C/C1=[N+](CCCS(=O)(=O)O)c3cc(C(=O)NCS[B])cc(C(=O)NCS[B])c3C1(C)C)C2(C)C. The van der Waals surface area contributed by atoms with Crippen molar-refractivity contribution in [3.8, 4) is 0 Å². The maximum Gasteiger partial charge on any atom is 0.265 e. The van der Waals surface area contributed by atoms with Crippen LogP contribution in [0.1, 0.15) is 93.1 Å². The number of amides is 4. The Morgan fingerprint density at radius 1 is 0.683 bits per heavy atom. The van der Waals surface area contributed by atoms with E-state index >= 15 is 0 Å². The minimum atomic E-state index is -4.37. The van der Waals surface area contributed by atoms with Gasteiger partial charge in [0.2, 0.25) is 5.69 Å². The Morgan fingerprint density at radius 3 is 1.63 bits per heavy atom. The van der Waals surface area contributed by atoms with E-state index in [4.69, 9.17) is 28.5 Å². The molecule has 8 radical (unpaired) electrons. The minimum Gasteiger partial charge on any atom is -0.344 e. The summed E-state index contributed by atoms with van der Waals surface area (Å²) < 4.78 is 68.5. The second kappa shape index (κ2) is 22.3. The van der Waals surface area contributed by atoms with E-state index in [1.807, 2.05) is 27.7 Å². The second-order valence-corrected chi connectivity index (χ2v) is 20.9. The van der Waals surface area contributed by atoms with Crippen LogP contribution in [0.3, 0.4) is 0 Å². The number of nitrogens with one attached hydrogen (secondary N) is 4. The number of benzene rings is 2. The lowest BCUT2D eigenvalue weighted by molar-refractivity contribution is -0.437. The molecule has 0 aromatic heterocycles. The van der Waals surface area contributed by atoms with Gasteiger partial charge in [0.1, 0.15) is 6.54 Å². The average molecular weight is 969 g/mol. The Balaban J connectivity index is 1.99. The molecule has 0 atom stereocenters.